The maximum atomic E-state index is 6.07. The lowest BCUT2D eigenvalue weighted by Crippen LogP contribution is -2.31. The van der Waals surface area contributed by atoms with Crippen molar-refractivity contribution in [2.75, 3.05) is 20.3 Å². The van der Waals surface area contributed by atoms with Gasteiger partial charge < -0.3 is 4.74 Å². The van der Waals surface area contributed by atoms with Gasteiger partial charge in [0.2, 0.25) is 0 Å². The molecule has 0 aliphatic carbocycles. The average Bonchev–Trinajstić information content (AvgIpc) is 2.76. The first-order chi connectivity index (χ1) is 7.66. The van der Waals surface area contributed by atoms with Gasteiger partial charge in [-0.15, -0.1) is 0 Å². The SMILES string of the molecule is CN(Cc1nc(Cl)ccc1Cl)C1CCOC1. The third-order valence-corrected chi connectivity index (χ3v) is 3.37. The number of rotatable bonds is 3. The van der Waals surface area contributed by atoms with Gasteiger partial charge >= 0.3 is 0 Å². The first-order valence-electron chi connectivity index (χ1n) is 5.25. The predicted molar refractivity (Wildman–Crippen MR) is 64.9 cm³/mol. The van der Waals surface area contributed by atoms with Crippen LogP contribution in [0.15, 0.2) is 12.1 Å². The normalized spacial score (nSPS) is 20.6. The van der Waals surface area contributed by atoms with E-state index in [4.69, 9.17) is 27.9 Å². The van der Waals surface area contributed by atoms with Crippen LogP contribution in [0.25, 0.3) is 0 Å². The van der Waals surface area contributed by atoms with Crippen LogP contribution in [0, 0.1) is 0 Å². The number of halogens is 2. The van der Waals surface area contributed by atoms with Crippen molar-refractivity contribution in [3.05, 3.63) is 28.0 Å². The van der Waals surface area contributed by atoms with Crippen LogP contribution in [0.4, 0.5) is 0 Å². The Hall–Kier alpha value is -0.350. The van der Waals surface area contributed by atoms with Crippen molar-refractivity contribution in [1.82, 2.24) is 9.88 Å². The second-order valence-electron chi connectivity index (χ2n) is 4.00. The fourth-order valence-electron chi connectivity index (χ4n) is 1.80. The van der Waals surface area contributed by atoms with Gasteiger partial charge in [-0.2, -0.15) is 0 Å². The Kier molecular flexibility index (Phi) is 4.03. The standard InChI is InChI=1S/C11H14Cl2N2O/c1-15(8-4-5-16-7-8)6-10-9(12)2-3-11(13)14-10/h2-3,8H,4-7H2,1H3. The number of hydrogen-bond donors (Lipinski definition) is 0. The summed E-state index contributed by atoms with van der Waals surface area (Å²) in [6, 6.07) is 3.94. The third-order valence-electron chi connectivity index (χ3n) is 2.81. The highest BCUT2D eigenvalue weighted by Gasteiger charge is 2.21. The smallest absolute Gasteiger partial charge is 0.129 e. The molecule has 0 bridgehead atoms. The monoisotopic (exact) mass is 260 g/mol. The van der Waals surface area contributed by atoms with E-state index in [0.717, 1.165) is 25.3 Å². The molecule has 1 aromatic rings. The third kappa shape index (κ3) is 2.86. The van der Waals surface area contributed by atoms with Crippen LogP contribution in [0.1, 0.15) is 12.1 Å². The number of hydrogen-bond acceptors (Lipinski definition) is 3. The molecule has 16 heavy (non-hydrogen) atoms. The average molecular weight is 261 g/mol. The second-order valence-corrected chi connectivity index (χ2v) is 4.79. The molecule has 0 spiro atoms. The van der Waals surface area contributed by atoms with Gasteiger partial charge in [0.15, 0.2) is 0 Å². The fourth-order valence-corrected chi connectivity index (χ4v) is 2.13. The minimum atomic E-state index is 0.455. The van der Waals surface area contributed by atoms with Gasteiger partial charge in [-0.05, 0) is 25.6 Å². The lowest BCUT2D eigenvalue weighted by atomic mass is 10.2. The van der Waals surface area contributed by atoms with Gasteiger partial charge in [-0.3, -0.25) is 4.90 Å². The molecule has 1 fully saturated rings. The van der Waals surface area contributed by atoms with Crippen molar-refractivity contribution in [2.45, 2.75) is 19.0 Å². The molecule has 0 N–H and O–H groups in total. The number of ether oxygens (including phenoxy) is 1. The molecule has 1 unspecified atom stereocenters. The summed E-state index contributed by atoms with van der Waals surface area (Å²) >= 11 is 11.9. The van der Waals surface area contributed by atoms with E-state index in [9.17, 15) is 0 Å². The summed E-state index contributed by atoms with van der Waals surface area (Å²) in [5.41, 5.74) is 0.823. The van der Waals surface area contributed by atoms with E-state index in [0.29, 0.717) is 22.8 Å². The molecule has 0 aromatic carbocycles. The van der Waals surface area contributed by atoms with E-state index in [1.165, 1.54) is 0 Å². The first kappa shape index (κ1) is 12.1. The lowest BCUT2D eigenvalue weighted by Gasteiger charge is -2.22. The van der Waals surface area contributed by atoms with Crippen LogP contribution in [0.2, 0.25) is 10.2 Å². The van der Waals surface area contributed by atoms with Crippen LogP contribution >= 0.6 is 23.2 Å². The molecule has 0 saturated carbocycles. The van der Waals surface area contributed by atoms with E-state index in [1.54, 1.807) is 12.1 Å². The van der Waals surface area contributed by atoms with Crippen LogP contribution in [-0.4, -0.2) is 36.2 Å². The molecule has 0 radical (unpaired) electrons. The summed E-state index contributed by atoms with van der Waals surface area (Å²) in [5.74, 6) is 0. The lowest BCUT2D eigenvalue weighted by molar-refractivity contribution is 0.156. The van der Waals surface area contributed by atoms with Crippen LogP contribution in [0.3, 0.4) is 0 Å². The molecule has 1 aliphatic rings. The molecule has 5 heteroatoms. The molecule has 3 nitrogen and oxygen atoms in total. The van der Waals surface area contributed by atoms with Gasteiger partial charge in [0.05, 0.1) is 17.3 Å². The van der Waals surface area contributed by atoms with Crippen molar-refractivity contribution < 1.29 is 4.74 Å². The van der Waals surface area contributed by atoms with Crippen molar-refractivity contribution in [1.29, 1.82) is 0 Å². The van der Waals surface area contributed by atoms with E-state index in [-0.39, 0.29) is 0 Å². The molecule has 88 valence electrons. The molecule has 2 heterocycles. The quantitative estimate of drug-likeness (QED) is 0.782. The van der Waals surface area contributed by atoms with Crippen molar-refractivity contribution in [3.8, 4) is 0 Å². The van der Waals surface area contributed by atoms with Gasteiger partial charge in [-0.25, -0.2) is 4.98 Å². The van der Waals surface area contributed by atoms with Crippen LogP contribution in [-0.2, 0) is 11.3 Å². The Bertz CT molecular complexity index is 367. The Morgan fingerprint density at radius 3 is 3.00 bits per heavy atom. The number of aromatic nitrogens is 1. The first-order valence-corrected chi connectivity index (χ1v) is 6.01. The highest BCUT2D eigenvalue weighted by molar-refractivity contribution is 6.32. The topological polar surface area (TPSA) is 25.4 Å². The Balaban J connectivity index is 2.04. The van der Waals surface area contributed by atoms with Crippen LogP contribution in [0.5, 0.6) is 0 Å². The minimum absolute atomic E-state index is 0.455. The molecule has 2 rings (SSSR count). The van der Waals surface area contributed by atoms with E-state index >= 15 is 0 Å². The summed E-state index contributed by atoms with van der Waals surface area (Å²) in [6.07, 6.45) is 1.06. The zero-order chi connectivity index (χ0) is 11.5. The molecule has 1 saturated heterocycles. The summed E-state index contributed by atoms with van der Waals surface area (Å²) in [7, 11) is 2.05. The van der Waals surface area contributed by atoms with E-state index < -0.39 is 0 Å². The molecular formula is C11H14Cl2N2O. The fraction of sp³-hybridized carbons (Fsp3) is 0.545. The second kappa shape index (κ2) is 5.32. The van der Waals surface area contributed by atoms with E-state index in [1.807, 2.05) is 0 Å². The van der Waals surface area contributed by atoms with Crippen LogP contribution < -0.4 is 0 Å². The maximum Gasteiger partial charge on any atom is 0.129 e. The molecular weight excluding hydrogens is 247 g/mol. The Labute approximate surface area is 105 Å². The van der Waals surface area contributed by atoms with Gasteiger partial charge in [0.25, 0.3) is 0 Å². The van der Waals surface area contributed by atoms with E-state index in [2.05, 4.69) is 16.9 Å². The highest BCUT2D eigenvalue weighted by Crippen LogP contribution is 2.20. The maximum absolute atomic E-state index is 6.07. The Morgan fingerprint density at radius 1 is 1.50 bits per heavy atom. The summed E-state index contributed by atoms with van der Waals surface area (Å²) in [6.45, 7) is 2.33. The van der Waals surface area contributed by atoms with Gasteiger partial charge in [0, 0.05) is 19.2 Å². The minimum Gasteiger partial charge on any atom is -0.380 e. The largest absolute Gasteiger partial charge is 0.380 e. The summed E-state index contributed by atoms with van der Waals surface area (Å²) < 4.78 is 5.35. The van der Waals surface area contributed by atoms with Crippen molar-refractivity contribution in [2.24, 2.45) is 0 Å². The van der Waals surface area contributed by atoms with Gasteiger partial charge in [0.1, 0.15) is 5.15 Å². The highest BCUT2D eigenvalue weighted by atomic mass is 35.5. The summed E-state index contributed by atoms with van der Waals surface area (Å²) in [4.78, 5) is 6.44. The molecule has 1 atom stereocenters. The number of pyridine rings is 1. The van der Waals surface area contributed by atoms with Gasteiger partial charge in [-0.1, -0.05) is 23.2 Å². The zero-order valence-electron chi connectivity index (χ0n) is 9.12. The summed E-state index contributed by atoms with van der Waals surface area (Å²) in [5, 5.41) is 1.14. The number of likely N-dealkylation sites (N-methyl/N-ethyl adjacent to an activating group) is 1. The Morgan fingerprint density at radius 2 is 2.31 bits per heavy atom. The van der Waals surface area contributed by atoms with Crippen molar-refractivity contribution in [3.63, 3.8) is 0 Å². The molecule has 1 aromatic heterocycles. The zero-order valence-corrected chi connectivity index (χ0v) is 10.6. The van der Waals surface area contributed by atoms with Crippen molar-refractivity contribution >= 4 is 23.2 Å². The predicted octanol–water partition coefficient (Wildman–Crippen LogP) is 2.61. The molecule has 0 amide bonds. The molecule has 1 aliphatic heterocycles. The number of nitrogens with zero attached hydrogens (tertiary/aromatic N) is 2.